The molecule has 1 heterocycles. The van der Waals surface area contributed by atoms with Crippen LogP contribution < -0.4 is 16.9 Å². The second-order valence-electron chi connectivity index (χ2n) is 5.69. The number of aryl methyl sites for hydroxylation is 1. The maximum Gasteiger partial charge on any atom is 0.328 e. The van der Waals surface area contributed by atoms with Gasteiger partial charge in [-0.15, -0.1) is 0 Å². The van der Waals surface area contributed by atoms with Crippen LogP contribution in [0.3, 0.4) is 0 Å². The second-order valence-corrected chi connectivity index (χ2v) is 5.69. The number of nitrogens with one attached hydrogen (secondary N) is 2. The van der Waals surface area contributed by atoms with Crippen molar-refractivity contribution in [1.82, 2.24) is 15.0 Å². The highest BCUT2D eigenvalue weighted by atomic mass is 16.5. The molecule has 8 nitrogen and oxygen atoms in total. The van der Waals surface area contributed by atoms with Gasteiger partial charge in [0.25, 0.3) is 5.91 Å². The first-order valence-corrected chi connectivity index (χ1v) is 7.72. The molecule has 0 fully saturated rings. The Hall–Kier alpha value is -2.58. The number of carbonyl (C=O) groups excluding carboxylic acids is 1. The van der Waals surface area contributed by atoms with E-state index in [0.29, 0.717) is 12.8 Å². The number of aliphatic hydroxyl groups excluding tert-OH is 1. The van der Waals surface area contributed by atoms with Crippen LogP contribution in [0.4, 0.5) is 5.82 Å². The molecule has 0 aliphatic carbocycles. The van der Waals surface area contributed by atoms with Crippen LogP contribution in [0, 0.1) is 0 Å². The maximum absolute atomic E-state index is 12.1. The van der Waals surface area contributed by atoms with Crippen molar-refractivity contribution in [2.75, 3.05) is 5.73 Å². The number of hydroxylamine groups is 1. The smallest absolute Gasteiger partial charge is 0.328 e. The normalized spacial score (nSPS) is 13.5. The molecule has 2 rings (SSSR count). The van der Waals surface area contributed by atoms with Gasteiger partial charge in [0.05, 0.1) is 12.1 Å². The van der Waals surface area contributed by atoms with Crippen LogP contribution in [0.2, 0.25) is 0 Å². The van der Waals surface area contributed by atoms with Crippen molar-refractivity contribution in [3.8, 4) is 0 Å². The van der Waals surface area contributed by atoms with Crippen LogP contribution in [0.1, 0.15) is 41.9 Å². The van der Waals surface area contributed by atoms with Crippen LogP contribution in [-0.4, -0.2) is 31.9 Å². The Labute approximate surface area is 138 Å². The van der Waals surface area contributed by atoms with Crippen LogP contribution in [0.5, 0.6) is 0 Å². The van der Waals surface area contributed by atoms with Crippen molar-refractivity contribution < 1.29 is 15.1 Å². The van der Waals surface area contributed by atoms with Crippen LogP contribution in [0.25, 0.3) is 0 Å². The van der Waals surface area contributed by atoms with E-state index < -0.39 is 23.7 Å². The molecular weight excluding hydrogens is 312 g/mol. The molecule has 0 radical (unpaired) electrons. The molecule has 2 unspecified atom stereocenters. The van der Waals surface area contributed by atoms with Gasteiger partial charge in [-0.05, 0) is 31.7 Å². The fourth-order valence-corrected chi connectivity index (χ4v) is 2.81. The lowest BCUT2D eigenvalue weighted by atomic mass is 10.0. The summed E-state index contributed by atoms with van der Waals surface area (Å²) in [5, 5.41) is 18.9. The van der Waals surface area contributed by atoms with Gasteiger partial charge in [0, 0.05) is 0 Å². The Morgan fingerprint density at radius 3 is 2.62 bits per heavy atom. The first-order valence-electron chi connectivity index (χ1n) is 7.72. The quantitative estimate of drug-likeness (QED) is 0.378. The van der Waals surface area contributed by atoms with E-state index in [1.165, 1.54) is 5.48 Å². The van der Waals surface area contributed by atoms with Crippen molar-refractivity contribution >= 4 is 11.7 Å². The zero-order valence-corrected chi connectivity index (χ0v) is 13.4. The topological polar surface area (TPSA) is 133 Å². The highest BCUT2D eigenvalue weighted by Crippen LogP contribution is 2.22. The van der Waals surface area contributed by atoms with Crippen molar-refractivity contribution in [2.45, 2.75) is 38.3 Å². The van der Waals surface area contributed by atoms with Crippen LogP contribution >= 0.6 is 0 Å². The summed E-state index contributed by atoms with van der Waals surface area (Å²) in [6.07, 6.45) is 1.08. The first kappa shape index (κ1) is 17.8. The Kier molecular flexibility index (Phi) is 5.78. The molecule has 6 N–H and O–H groups in total. The minimum Gasteiger partial charge on any atom is -0.391 e. The summed E-state index contributed by atoms with van der Waals surface area (Å²) >= 11 is 0. The first-order chi connectivity index (χ1) is 11.5. The van der Waals surface area contributed by atoms with E-state index in [0.717, 1.165) is 16.6 Å². The number of nitrogens with zero attached hydrogens (tertiary/aromatic N) is 1. The summed E-state index contributed by atoms with van der Waals surface area (Å²) in [4.78, 5) is 26.2. The third-order valence-corrected chi connectivity index (χ3v) is 3.97. The van der Waals surface area contributed by atoms with Gasteiger partial charge in [-0.1, -0.05) is 30.3 Å². The molecule has 8 heteroatoms. The lowest BCUT2D eigenvalue weighted by Crippen LogP contribution is -2.34. The number of aliphatic hydroxyl groups is 1. The van der Waals surface area contributed by atoms with E-state index in [4.69, 9.17) is 10.9 Å². The zero-order chi connectivity index (χ0) is 17.7. The van der Waals surface area contributed by atoms with E-state index in [2.05, 4.69) is 4.98 Å². The van der Waals surface area contributed by atoms with E-state index >= 15 is 0 Å². The molecular formula is C16H22N4O4. The number of imidazole rings is 1. The average molecular weight is 334 g/mol. The number of nitrogens with two attached hydrogens (primary N) is 1. The fraction of sp³-hybridized carbons (Fsp3) is 0.375. The monoisotopic (exact) mass is 334 g/mol. The molecule has 1 aromatic heterocycles. The number of aromatic amines is 1. The number of aromatic nitrogens is 2. The Morgan fingerprint density at radius 1 is 1.38 bits per heavy atom. The molecule has 0 spiro atoms. The summed E-state index contributed by atoms with van der Waals surface area (Å²) in [5.74, 6) is -1.06. The lowest BCUT2D eigenvalue weighted by Gasteiger charge is -2.22. The van der Waals surface area contributed by atoms with Gasteiger partial charge < -0.3 is 10.8 Å². The van der Waals surface area contributed by atoms with Gasteiger partial charge >= 0.3 is 5.69 Å². The van der Waals surface area contributed by atoms with Crippen LogP contribution in [0.15, 0.2) is 35.1 Å². The number of amides is 1. The molecule has 130 valence electrons. The molecule has 0 saturated heterocycles. The number of anilines is 1. The minimum absolute atomic E-state index is 0.153. The summed E-state index contributed by atoms with van der Waals surface area (Å²) in [6, 6.07) is 9.20. The number of benzene rings is 1. The van der Waals surface area contributed by atoms with E-state index in [-0.39, 0.29) is 11.5 Å². The third kappa shape index (κ3) is 3.84. The lowest BCUT2D eigenvalue weighted by molar-refractivity contribution is 0.0680. The highest BCUT2D eigenvalue weighted by Gasteiger charge is 2.27. The molecule has 1 amide bonds. The molecule has 2 atom stereocenters. The number of rotatable bonds is 7. The largest absolute Gasteiger partial charge is 0.391 e. The number of nitrogen functional groups attached to an aromatic ring is 1. The minimum atomic E-state index is -0.903. The summed E-state index contributed by atoms with van der Waals surface area (Å²) in [5.41, 5.74) is 7.48. The predicted octanol–water partition coefficient (Wildman–Crippen LogP) is 0.822. The van der Waals surface area contributed by atoms with Gasteiger partial charge in [0.1, 0.15) is 5.82 Å². The zero-order valence-electron chi connectivity index (χ0n) is 13.4. The van der Waals surface area contributed by atoms with Crippen LogP contribution in [-0.2, 0) is 6.42 Å². The summed E-state index contributed by atoms with van der Waals surface area (Å²) < 4.78 is 1.11. The SMILES string of the molecule is CC(O)C(CCCc1ccccc1)n1c(C(=O)NO)c(N)[nH]c1=O. The molecule has 0 aliphatic rings. The Balaban J connectivity index is 2.22. The molecule has 24 heavy (non-hydrogen) atoms. The van der Waals surface area contributed by atoms with Crippen molar-refractivity contribution in [3.63, 3.8) is 0 Å². The highest BCUT2D eigenvalue weighted by molar-refractivity contribution is 5.96. The second kappa shape index (κ2) is 7.80. The van der Waals surface area contributed by atoms with E-state index in [1.54, 1.807) is 6.92 Å². The van der Waals surface area contributed by atoms with Crippen molar-refractivity contribution in [3.05, 3.63) is 52.1 Å². The van der Waals surface area contributed by atoms with Gasteiger partial charge in [0.2, 0.25) is 0 Å². The standard InChI is InChI=1S/C16H22N4O4/c1-10(21)12(9-5-8-11-6-3-2-4-7-11)20-13(15(22)19-24)14(17)18-16(20)23/h2-4,6-7,10,12,21,24H,5,8-9,17H2,1H3,(H,18,23)(H,19,22). The molecule has 1 aromatic carbocycles. The van der Waals surface area contributed by atoms with Gasteiger partial charge in [-0.25, -0.2) is 10.3 Å². The van der Waals surface area contributed by atoms with Gasteiger partial charge in [-0.3, -0.25) is 19.6 Å². The molecule has 2 aromatic rings. The van der Waals surface area contributed by atoms with E-state index in [9.17, 15) is 14.7 Å². The summed E-state index contributed by atoms with van der Waals surface area (Å²) in [7, 11) is 0. The Bertz CT molecular complexity index is 736. The number of hydrogen-bond donors (Lipinski definition) is 5. The van der Waals surface area contributed by atoms with Crippen molar-refractivity contribution in [2.24, 2.45) is 0 Å². The molecule has 0 bridgehead atoms. The fourth-order valence-electron chi connectivity index (χ4n) is 2.81. The predicted molar refractivity (Wildman–Crippen MR) is 88.8 cm³/mol. The molecule has 0 saturated carbocycles. The van der Waals surface area contributed by atoms with Gasteiger partial charge in [-0.2, -0.15) is 0 Å². The number of carbonyl (C=O) groups is 1. The maximum atomic E-state index is 12.1. The average Bonchev–Trinajstić information content (AvgIpc) is 2.85. The number of H-pyrrole nitrogens is 1. The van der Waals surface area contributed by atoms with Gasteiger partial charge in [0.15, 0.2) is 5.69 Å². The van der Waals surface area contributed by atoms with E-state index in [1.807, 2.05) is 30.3 Å². The molecule has 0 aliphatic heterocycles. The summed E-state index contributed by atoms with van der Waals surface area (Å²) in [6.45, 7) is 1.55. The van der Waals surface area contributed by atoms with Crippen molar-refractivity contribution in [1.29, 1.82) is 0 Å². The Morgan fingerprint density at radius 2 is 2.04 bits per heavy atom. The number of hydrogen-bond acceptors (Lipinski definition) is 5. The third-order valence-electron chi connectivity index (χ3n) is 3.97.